The van der Waals surface area contributed by atoms with Crippen molar-refractivity contribution in [1.29, 1.82) is 0 Å². The molecular formula is C15H20Cl2N2O2. The minimum atomic E-state index is -0.290. The SMILES string of the molecule is CCN(Cc1ccc(Cl)c(Cl)c1)C(=O)[C@H]1NCCO[C@@H]1C. The van der Waals surface area contributed by atoms with Gasteiger partial charge in [-0.2, -0.15) is 0 Å². The largest absolute Gasteiger partial charge is 0.375 e. The zero-order valence-corrected chi connectivity index (χ0v) is 13.7. The molecule has 1 aromatic carbocycles. The Morgan fingerprint density at radius 3 is 2.81 bits per heavy atom. The number of morpholine rings is 1. The number of carbonyl (C=O) groups excluding carboxylic acids is 1. The Labute approximate surface area is 135 Å². The van der Waals surface area contributed by atoms with Gasteiger partial charge >= 0.3 is 0 Å². The first kappa shape index (κ1) is 16.6. The van der Waals surface area contributed by atoms with Crippen LogP contribution in [0.25, 0.3) is 0 Å². The van der Waals surface area contributed by atoms with E-state index >= 15 is 0 Å². The van der Waals surface area contributed by atoms with Gasteiger partial charge in [0.25, 0.3) is 0 Å². The zero-order valence-electron chi connectivity index (χ0n) is 12.2. The van der Waals surface area contributed by atoms with Crippen LogP contribution in [0, 0.1) is 0 Å². The summed E-state index contributed by atoms with van der Waals surface area (Å²) in [7, 11) is 0. The van der Waals surface area contributed by atoms with E-state index in [0.717, 1.165) is 5.56 Å². The minimum Gasteiger partial charge on any atom is -0.375 e. The highest BCUT2D eigenvalue weighted by atomic mass is 35.5. The molecule has 0 aliphatic carbocycles. The molecule has 1 amide bonds. The quantitative estimate of drug-likeness (QED) is 0.922. The molecule has 0 radical (unpaired) electrons. The summed E-state index contributed by atoms with van der Waals surface area (Å²) >= 11 is 11.9. The number of likely N-dealkylation sites (N-methyl/N-ethyl adjacent to an activating group) is 1. The number of hydrogen-bond acceptors (Lipinski definition) is 3. The van der Waals surface area contributed by atoms with Gasteiger partial charge in [-0.25, -0.2) is 0 Å². The average molecular weight is 331 g/mol. The van der Waals surface area contributed by atoms with Crippen LogP contribution in [0.2, 0.25) is 10.0 Å². The molecular weight excluding hydrogens is 311 g/mol. The van der Waals surface area contributed by atoms with E-state index in [9.17, 15) is 4.79 Å². The maximum atomic E-state index is 12.6. The van der Waals surface area contributed by atoms with E-state index in [-0.39, 0.29) is 18.1 Å². The smallest absolute Gasteiger partial charge is 0.242 e. The second-order valence-corrected chi connectivity index (χ2v) is 5.92. The van der Waals surface area contributed by atoms with E-state index in [4.69, 9.17) is 27.9 Å². The third-order valence-electron chi connectivity index (χ3n) is 3.63. The fourth-order valence-corrected chi connectivity index (χ4v) is 2.73. The van der Waals surface area contributed by atoms with Gasteiger partial charge in [-0.15, -0.1) is 0 Å². The maximum Gasteiger partial charge on any atom is 0.242 e. The standard InChI is InChI=1S/C15H20Cl2N2O2/c1-3-19(9-11-4-5-12(16)13(17)8-11)15(20)14-10(2)21-7-6-18-14/h4-5,8,10,14,18H,3,6-7,9H2,1-2H3/t10-,14+/m1/s1. The van der Waals surface area contributed by atoms with Gasteiger partial charge < -0.3 is 15.0 Å². The van der Waals surface area contributed by atoms with Crippen molar-refractivity contribution in [2.75, 3.05) is 19.7 Å². The van der Waals surface area contributed by atoms with Crippen molar-refractivity contribution < 1.29 is 9.53 Å². The highest BCUT2D eigenvalue weighted by Crippen LogP contribution is 2.23. The summed E-state index contributed by atoms with van der Waals surface area (Å²) in [6.45, 7) is 6.36. The molecule has 1 aromatic rings. The van der Waals surface area contributed by atoms with E-state index < -0.39 is 0 Å². The van der Waals surface area contributed by atoms with E-state index in [1.54, 1.807) is 17.0 Å². The number of benzene rings is 1. The number of halogens is 2. The van der Waals surface area contributed by atoms with Gasteiger partial charge in [0.15, 0.2) is 0 Å². The van der Waals surface area contributed by atoms with Crippen LogP contribution in [-0.4, -0.2) is 42.6 Å². The molecule has 4 nitrogen and oxygen atoms in total. The summed E-state index contributed by atoms with van der Waals surface area (Å²) in [4.78, 5) is 14.4. The van der Waals surface area contributed by atoms with Crippen LogP contribution in [-0.2, 0) is 16.1 Å². The van der Waals surface area contributed by atoms with Gasteiger partial charge in [0.05, 0.1) is 22.8 Å². The van der Waals surface area contributed by atoms with Crippen LogP contribution in [0.5, 0.6) is 0 Å². The predicted molar refractivity (Wildman–Crippen MR) is 84.8 cm³/mol. The van der Waals surface area contributed by atoms with E-state index in [1.165, 1.54) is 0 Å². The van der Waals surface area contributed by atoms with Crippen molar-refractivity contribution in [2.45, 2.75) is 32.5 Å². The Morgan fingerprint density at radius 2 is 2.19 bits per heavy atom. The average Bonchev–Trinajstić information content (AvgIpc) is 2.48. The molecule has 1 N–H and O–H groups in total. The maximum absolute atomic E-state index is 12.6. The Hall–Kier alpha value is -0.810. The molecule has 6 heteroatoms. The fraction of sp³-hybridized carbons (Fsp3) is 0.533. The number of nitrogens with one attached hydrogen (secondary N) is 1. The van der Waals surface area contributed by atoms with E-state index in [2.05, 4.69) is 5.32 Å². The van der Waals surface area contributed by atoms with Crippen molar-refractivity contribution >= 4 is 29.1 Å². The molecule has 116 valence electrons. The number of amides is 1. The Kier molecular flexibility index (Phi) is 5.88. The first-order chi connectivity index (χ1) is 10.0. The summed E-state index contributed by atoms with van der Waals surface area (Å²) < 4.78 is 5.54. The second kappa shape index (κ2) is 7.45. The highest BCUT2D eigenvalue weighted by Gasteiger charge is 2.31. The molecule has 1 aliphatic rings. The lowest BCUT2D eigenvalue weighted by Crippen LogP contribution is -2.56. The van der Waals surface area contributed by atoms with Crippen molar-refractivity contribution in [3.05, 3.63) is 33.8 Å². The number of nitrogens with zero attached hydrogens (tertiary/aromatic N) is 1. The Balaban J connectivity index is 2.07. The molecule has 1 fully saturated rings. The van der Waals surface area contributed by atoms with Crippen LogP contribution in [0.3, 0.4) is 0 Å². The third kappa shape index (κ3) is 4.10. The summed E-state index contributed by atoms with van der Waals surface area (Å²) in [6, 6.07) is 5.15. The van der Waals surface area contributed by atoms with Gasteiger partial charge in [-0.3, -0.25) is 4.79 Å². The van der Waals surface area contributed by atoms with Gasteiger partial charge in [-0.1, -0.05) is 29.3 Å². The third-order valence-corrected chi connectivity index (χ3v) is 4.37. The normalized spacial score (nSPS) is 22.1. The van der Waals surface area contributed by atoms with Gasteiger partial charge in [0.2, 0.25) is 5.91 Å². The molecule has 0 unspecified atom stereocenters. The topological polar surface area (TPSA) is 41.6 Å². The molecule has 1 aliphatic heterocycles. The summed E-state index contributed by atoms with van der Waals surface area (Å²) in [6.07, 6.45) is -0.117. The molecule has 2 rings (SSSR count). The first-order valence-electron chi connectivity index (χ1n) is 7.10. The van der Waals surface area contributed by atoms with Gasteiger partial charge in [-0.05, 0) is 31.5 Å². The van der Waals surface area contributed by atoms with Crippen molar-refractivity contribution in [1.82, 2.24) is 10.2 Å². The van der Waals surface area contributed by atoms with Gasteiger partial charge in [0, 0.05) is 19.6 Å². The molecule has 1 saturated heterocycles. The summed E-state index contributed by atoms with van der Waals surface area (Å²) in [5, 5.41) is 4.25. The minimum absolute atomic E-state index is 0.0516. The lowest BCUT2D eigenvalue weighted by molar-refractivity contribution is -0.139. The lowest BCUT2D eigenvalue weighted by atomic mass is 10.1. The molecule has 0 bridgehead atoms. The molecule has 0 spiro atoms. The molecule has 21 heavy (non-hydrogen) atoms. The van der Waals surface area contributed by atoms with E-state index in [0.29, 0.717) is 36.3 Å². The van der Waals surface area contributed by atoms with Crippen LogP contribution in [0.4, 0.5) is 0 Å². The molecule has 0 aromatic heterocycles. The van der Waals surface area contributed by atoms with Gasteiger partial charge in [0.1, 0.15) is 6.04 Å². The number of ether oxygens (including phenoxy) is 1. The van der Waals surface area contributed by atoms with Crippen LogP contribution in [0.1, 0.15) is 19.4 Å². The first-order valence-corrected chi connectivity index (χ1v) is 7.86. The van der Waals surface area contributed by atoms with Crippen LogP contribution < -0.4 is 5.32 Å². The van der Waals surface area contributed by atoms with Crippen LogP contribution >= 0.6 is 23.2 Å². The lowest BCUT2D eigenvalue weighted by Gasteiger charge is -2.33. The monoisotopic (exact) mass is 330 g/mol. The highest BCUT2D eigenvalue weighted by molar-refractivity contribution is 6.42. The Bertz CT molecular complexity index is 510. The van der Waals surface area contributed by atoms with Crippen molar-refractivity contribution in [3.8, 4) is 0 Å². The summed E-state index contributed by atoms with van der Waals surface area (Å²) in [5.41, 5.74) is 0.962. The molecule has 2 atom stereocenters. The van der Waals surface area contributed by atoms with E-state index in [1.807, 2.05) is 19.9 Å². The summed E-state index contributed by atoms with van der Waals surface area (Å²) in [5.74, 6) is 0.0516. The number of hydrogen-bond donors (Lipinski definition) is 1. The fourth-order valence-electron chi connectivity index (χ4n) is 2.41. The Morgan fingerprint density at radius 1 is 1.43 bits per heavy atom. The van der Waals surface area contributed by atoms with Crippen molar-refractivity contribution in [2.24, 2.45) is 0 Å². The number of rotatable bonds is 4. The second-order valence-electron chi connectivity index (χ2n) is 5.11. The molecule has 0 saturated carbocycles. The zero-order chi connectivity index (χ0) is 15.4. The molecule has 1 heterocycles. The number of carbonyl (C=O) groups is 1. The van der Waals surface area contributed by atoms with Crippen molar-refractivity contribution in [3.63, 3.8) is 0 Å². The predicted octanol–water partition coefficient (Wildman–Crippen LogP) is 2.72. The van der Waals surface area contributed by atoms with Crippen LogP contribution in [0.15, 0.2) is 18.2 Å².